The number of hydrogen-bond acceptors (Lipinski definition) is 4. The van der Waals surface area contributed by atoms with Gasteiger partial charge in [-0.15, -0.1) is 0 Å². The summed E-state index contributed by atoms with van der Waals surface area (Å²) in [6, 6.07) is 0. The molecule has 3 saturated carbocycles. The lowest BCUT2D eigenvalue weighted by atomic mass is 9.47. The fraction of sp³-hybridized carbons (Fsp3) is 0.857. The first kappa shape index (κ1) is 16.3. The van der Waals surface area contributed by atoms with Gasteiger partial charge in [-0.05, 0) is 61.7 Å². The number of allylic oxidation sites excluding steroid dienone is 1. The molecule has 0 unspecified atom stereocenters. The Bertz CT molecular complexity index is 656. The minimum Gasteiger partial charge on any atom is -0.462 e. The third-order valence-electron chi connectivity index (χ3n) is 8.77. The molecule has 8 atom stereocenters. The number of fused-ring (bicyclic) bond motifs is 7. The van der Waals surface area contributed by atoms with Gasteiger partial charge in [0, 0.05) is 18.8 Å². The quantitative estimate of drug-likeness (QED) is 0.448. The Hall–Kier alpha value is -0.870. The molecule has 1 aliphatic heterocycles. The normalized spacial score (nSPS) is 56.0. The number of carbonyl (C=O) groups is 1. The lowest BCUT2D eigenvalue weighted by molar-refractivity contribution is -0.155. The first-order valence-electron chi connectivity index (χ1n) is 10.0. The fourth-order valence-corrected chi connectivity index (χ4v) is 7.29. The van der Waals surface area contributed by atoms with E-state index in [4.69, 9.17) is 9.47 Å². The van der Waals surface area contributed by atoms with Gasteiger partial charge in [0.15, 0.2) is 5.79 Å². The van der Waals surface area contributed by atoms with Crippen LogP contribution in [0, 0.1) is 28.6 Å². The summed E-state index contributed by atoms with van der Waals surface area (Å²) in [5.41, 5.74) is 1.71. The highest BCUT2D eigenvalue weighted by atomic mass is 16.7. The van der Waals surface area contributed by atoms with E-state index in [0.717, 1.165) is 38.5 Å². The Labute approximate surface area is 150 Å². The van der Waals surface area contributed by atoms with E-state index < -0.39 is 5.79 Å². The molecule has 0 aromatic rings. The van der Waals surface area contributed by atoms with E-state index in [1.807, 2.05) is 0 Å². The van der Waals surface area contributed by atoms with Gasteiger partial charge in [0.2, 0.25) is 0 Å². The van der Waals surface area contributed by atoms with Gasteiger partial charge >= 0.3 is 5.97 Å². The molecule has 0 aromatic heterocycles. The summed E-state index contributed by atoms with van der Waals surface area (Å²) >= 11 is 0. The van der Waals surface area contributed by atoms with Crippen LogP contribution in [-0.4, -0.2) is 29.1 Å². The molecule has 5 aliphatic rings. The minimum atomic E-state index is -0.833. The summed E-state index contributed by atoms with van der Waals surface area (Å²) in [6.07, 6.45) is 10.0. The van der Waals surface area contributed by atoms with E-state index in [1.54, 1.807) is 0 Å². The van der Waals surface area contributed by atoms with E-state index in [0.29, 0.717) is 17.8 Å². The molecule has 4 heteroatoms. The number of rotatable bonds is 1. The average Bonchev–Trinajstić information content (AvgIpc) is 3.16. The van der Waals surface area contributed by atoms with Crippen molar-refractivity contribution in [2.45, 2.75) is 83.7 Å². The van der Waals surface area contributed by atoms with Crippen LogP contribution in [0.5, 0.6) is 0 Å². The maximum Gasteiger partial charge on any atom is 0.302 e. The van der Waals surface area contributed by atoms with Gasteiger partial charge in [0.1, 0.15) is 12.2 Å². The second-order valence-corrected chi connectivity index (χ2v) is 9.73. The summed E-state index contributed by atoms with van der Waals surface area (Å²) in [4.78, 5) is 11.3. The summed E-state index contributed by atoms with van der Waals surface area (Å²) in [6.45, 7) is 6.22. The Morgan fingerprint density at radius 1 is 1.28 bits per heavy atom. The number of epoxide rings is 1. The molecule has 0 spiro atoms. The second kappa shape index (κ2) is 4.89. The van der Waals surface area contributed by atoms with Crippen molar-refractivity contribution in [3.8, 4) is 0 Å². The van der Waals surface area contributed by atoms with Crippen LogP contribution >= 0.6 is 0 Å². The van der Waals surface area contributed by atoms with Crippen molar-refractivity contribution < 1.29 is 19.4 Å². The summed E-state index contributed by atoms with van der Waals surface area (Å²) in [7, 11) is 0. The zero-order chi connectivity index (χ0) is 17.6. The topological polar surface area (TPSA) is 59.1 Å². The first-order chi connectivity index (χ1) is 11.8. The third-order valence-corrected chi connectivity index (χ3v) is 8.77. The minimum absolute atomic E-state index is 0.0600. The first-order valence-corrected chi connectivity index (χ1v) is 10.0. The molecule has 0 bridgehead atoms. The van der Waals surface area contributed by atoms with Gasteiger partial charge in [-0.3, -0.25) is 4.79 Å². The maximum absolute atomic E-state index is 11.3. The molecule has 0 amide bonds. The molecular weight excluding hydrogens is 316 g/mol. The van der Waals surface area contributed by atoms with Crippen molar-refractivity contribution in [3.63, 3.8) is 0 Å². The fourth-order valence-electron chi connectivity index (χ4n) is 7.29. The van der Waals surface area contributed by atoms with E-state index in [-0.39, 0.29) is 29.0 Å². The van der Waals surface area contributed by atoms with Crippen LogP contribution in [0.4, 0.5) is 0 Å². The number of hydrogen-bond donors (Lipinski definition) is 1. The molecular formula is C21H30O4. The van der Waals surface area contributed by atoms with Gasteiger partial charge in [0.05, 0.1) is 0 Å². The highest BCUT2D eigenvalue weighted by molar-refractivity contribution is 5.66. The number of aliphatic hydroxyl groups is 1. The highest BCUT2D eigenvalue weighted by Crippen LogP contribution is 2.72. The average molecular weight is 346 g/mol. The highest BCUT2D eigenvalue weighted by Gasteiger charge is 2.77. The third kappa shape index (κ3) is 1.98. The van der Waals surface area contributed by atoms with E-state index in [2.05, 4.69) is 19.9 Å². The molecule has 4 aliphatic carbocycles. The van der Waals surface area contributed by atoms with E-state index in [9.17, 15) is 9.90 Å². The molecule has 4 nitrogen and oxygen atoms in total. The van der Waals surface area contributed by atoms with Crippen molar-refractivity contribution in [2.75, 3.05) is 0 Å². The maximum atomic E-state index is 11.3. The van der Waals surface area contributed by atoms with Crippen LogP contribution in [0.15, 0.2) is 11.6 Å². The largest absolute Gasteiger partial charge is 0.462 e. The molecule has 138 valence electrons. The molecule has 5 rings (SSSR count). The van der Waals surface area contributed by atoms with Crippen LogP contribution in [0.1, 0.15) is 65.7 Å². The van der Waals surface area contributed by atoms with Crippen LogP contribution < -0.4 is 0 Å². The Morgan fingerprint density at radius 3 is 2.84 bits per heavy atom. The molecule has 1 saturated heterocycles. The van der Waals surface area contributed by atoms with Gasteiger partial charge in [-0.2, -0.15) is 0 Å². The van der Waals surface area contributed by atoms with Crippen molar-refractivity contribution in [2.24, 2.45) is 28.6 Å². The molecule has 1 N–H and O–H groups in total. The monoisotopic (exact) mass is 346 g/mol. The smallest absolute Gasteiger partial charge is 0.302 e. The van der Waals surface area contributed by atoms with Gasteiger partial charge in [0.25, 0.3) is 0 Å². The molecule has 4 fully saturated rings. The molecule has 0 radical (unpaired) electrons. The Morgan fingerprint density at radius 2 is 2.08 bits per heavy atom. The van der Waals surface area contributed by atoms with Crippen LogP contribution in [0.3, 0.4) is 0 Å². The predicted molar refractivity (Wildman–Crippen MR) is 92.5 cm³/mol. The summed E-state index contributed by atoms with van der Waals surface area (Å²) in [5.74, 6) is 0.953. The van der Waals surface area contributed by atoms with E-state index in [1.165, 1.54) is 18.9 Å². The lowest BCUT2D eigenvalue weighted by Gasteiger charge is -2.58. The zero-order valence-corrected chi connectivity index (χ0v) is 15.6. The molecule has 25 heavy (non-hydrogen) atoms. The van der Waals surface area contributed by atoms with Crippen LogP contribution in [0.25, 0.3) is 0 Å². The molecule has 1 heterocycles. The second-order valence-electron chi connectivity index (χ2n) is 9.73. The zero-order valence-electron chi connectivity index (χ0n) is 15.6. The number of ether oxygens (including phenoxy) is 2. The number of esters is 1. The lowest BCUT2D eigenvalue weighted by Crippen LogP contribution is -2.53. The Kier molecular flexibility index (Phi) is 3.19. The van der Waals surface area contributed by atoms with Gasteiger partial charge in [-0.1, -0.05) is 25.5 Å². The predicted octanol–water partition coefficient (Wildman–Crippen LogP) is 3.58. The van der Waals surface area contributed by atoms with Crippen LogP contribution in [0.2, 0.25) is 0 Å². The van der Waals surface area contributed by atoms with Crippen molar-refractivity contribution in [3.05, 3.63) is 11.6 Å². The number of carbonyl (C=O) groups excluding carboxylic acids is 1. The summed E-state index contributed by atoms with van der Waals surface area (Å²) in [5, 5.41) is 10.8. The SMILES string of the molecule is CC(=O)O[C@H]1CC[C@@]2(C)C(=CC[C@H]3[C@H]4C[C@H]5O[C@@]5(O)[C@@]4(C)CC[C@@H]32)C1. The standard InChI is InChI=1S/C21H30O4/c1-12(22)24-14-6-8-19(2)13(10-14)4-5-15-16(19)7-9-20(3)17(15)11-18-21(20,23)25-18/h4,14-18,23H,5-11H2,1-3H3/t14-,15+,16-,17+,18+,19-,20-,21+/m0/s1. The van der Waals surface area contributed by atoms with Crippen LogP contribution in [-0.2, 0) is 14.3 Å². The van der Waals surface area contributed by atoms with Crippen molar-refractivity contribution >= 4 is 5.97 Å². The summed E-state index contributed by atoms with van der Waals surface area (Å²) < 4.78 is 11.2. The Balaban J connectivity index is 1.42. The van der Waals surface area contributed by atoms with Crippen molar-refractivity contribution in [1.29, 1.82) is 0 Å². The van der Waals surface area contributed by atoms with E-state index >= 15 is 0 Å². The van der Waals surface area contributed by atoms with Gasteiger partial charge in [-0.25, -0.2) is 0 Å². The molecule has 0 aromatic carbocycles. The van der Waals surface area contributed by atoms with Crippen molar-refractivity contribution in [1.82, 2.24) is 0 Å². The van der Waals surface area contributed by atoms with Gasteiger partial charge < -0.3 is 14.6 Å².